The van der Waals surface area contributed by atoms with Crippen molar-refractivity contribution in [2.24, 2.45) is 5.92 Å². The maximum Gasteiger partial charge on any atom is 0.222 e. The molecule has 1 aliphatic rings. The molecule has 1 heterocycles. The number of benzene rings is 1. The third kappa shape index (κ3) is 6.58. The van der Waals surface area contributed by atoms with E-state index < -0.39 is 0 Å². The van der Waals surface area contributed by atoms with Gasteiger partial charge >= 0.3 is 0 Å². The number of carbonyl (C=O) groups is 1. The number of hydrogen-bond donors (Lipinski definition) is 0. The first-order chi connectivity index (χ1) is 14.2. The normalized spacial score (nSPS) is 14.3. The number of hydrogen-bond acceptors (Lipinski definition) is 5. The standard InChI is InChI=1S/C23H33N3O3/c1-26(17-7-10-18-8-3-4-9-18)23(27)16-15-22-25-24-21(29-22)14-13-19-11-5-6-12-20(19)28-2/h5-6,11-12,18H,3-4,7-10,13-17H2,1-2H3. The summed E-state index contributed by atoms with van der Waals surface area (Å²) >= 11 is 0. The maximum absolute atomic E-state index is 12.4. The molecule has 0 saturated heterocycles. The Hall–Kier alpha value is -2.37. The molecule has 1 aromatic carbocycles. The largest absolute Gasteiger partial charge is 0.496 e. The van der Waals surface area contributed by atoms with E-state index in [0.29, 0.717) is 31.0 Å². The molecule has 1 amide bonds. The third-order valence-corrected chi connectivity index (χ3v) is 5.87. The Morgan fingerprint density at radius 1 is 1.14 bits per heavy atom. The van der Waals surface area contributed by atoms with Crippen LogP contribution in [0, 0.1) is 5.92 Å². The minimum absolute atomic E-state index is 0.144. The van der Waals surface area contributed by atoms with Crippen molar-refractivity contribution in [1.82, 2.24) is 15.1 Å². The summed E-state index contributed by atoms with van der Waals surface area (Å²) in [5, 5.41) is 8.22. The summed E-state index contributed by atoms with van der Waals surface area (Å²) in [5.74, 6) is 3.03. The lowest BCUT2D eigenvalue weighted by molar-refractivity contribution is -0.130. The van der Waals surface area contributed by atoms with Gasteiger partial charge in [0, 0.05) is 32.9 Å². The average Bonchev–Trinajstić information content (AvgIpc) is 3.42. The highest BCUT2D eigenvalue weighted by atomic mass is 16.5. The molecular formula is C23H33N3O3. The highest BCUT2D eigenvalue weighted by molar-refractivity contribution is 5.75. The smallest absolute Gasteiger partial charge is 0.222 e. The monoisotopic (exact) mass is 399 g/mol. The van der Waals surface area contributed by atoms with E-state index in [2.05, 4.69) is 10.2 Å². The molecule has 0 radical (unpaired) electrons. The van der Waals surface area contributed by atoms with Crippen LogP contribution in [0.5, 0.6) is 5.75 Å². The number of methoxy groups -OCH3 is 1. The molecule has 1 fully saturated rings. The minimum atomic E-state index is 0.144. The van der Waals surface area contributed by atoms with E-state index in [1.54, 1.807) is 7.11 Å². The van der Waals surface area contributed by atoms with Crippen molar-refractivity contribution in [2.75, 3.05) is 20.7 Å². The van der Waals surface area contributed by atoms with Gasteiger partial charge in [-0.2, -0.15) is 0 Å². The van der Waals surface area contributed by atoms with Crippen LogP contribution in [0.4, 0.5) is 0 Å². The highest BCUT2D eigenvalue weighted by Gasteiger charge is 2.16. The number of nitrogens with zero attached hydrogens (tertiary/aromatic N) is 3. The summed E-state index contributed by atoms with van der Waals surface area (Å²) in [6.45, 7) is 0.837. The van der Waals surface area contributed by atoms with Crippen LogP contribution in [0.25, 0.3) is 0 Å². The molecule has 0 aliphatic heterocycles. The minimum Gasteiger partial charge on any atom is -0.496 e. The highest BCUT2D eigenvalue weighted by Crippen LogP contribution is 2.28. The average molecular weight is 400 g/mol. The predicted molar refractivity (Wildman–Crippen MR) is 112 cm³/mol. The molecule has 0 unspecified atom stereocenters. The first-order valence-electron chi connectivity index (χ1n) is 10.8. The number of amides is 1. The van der Waals surface area contributed by atoms with Crippen molar-refractivity contribution in [2.45, 2.75) is 64.2 Å². The number of aromatic nitrogens is 2. The molecule has 0 N–H and O–H groups in total. The zero-order valence-corrected chi connectivity index (χ0v) is 17.7. The number of rotatable bonds is 11. The van der Waals surface area contributed by atoms with Crippen LogP contribution in [0.2, 0.25) is 0 Å². The van der Waals surface area contributed by atoms with Gasteiger partial charge in [0.15, 0.2) is 0 Å². The molecule has 0 spiro atoms. The zero-order valence-electron chi connectivity index (χ0n) is 17.7. The Balaban J connectivity index is 1.37. The quantitative estimate of drug-likeness (QED) is 0.566. The van der Waals surface area contributed by atoms with Gasteiger partial charge in [0.1, 0.15) is 5.75 Å². The Kier molecular flexibility index (Phi) is 8.08. The summed E-state index contributed by atoms with van der Waals surface area (Å²) < 4.78 is 11.1. The van der Waals surface area contributed by atoms with Gasteiger partial charge in [0.2, 0.25) is 17.7 Å². The van der Waals surface area contributed by atoms with Crippen molar-refractivity contribution in [3.05, 3.63) is 41.6 Å². The fourth-order valence-corrected chi connectivity index (χ4v) is 4.09. The molecule has 29 heavy (non-hydrogen) atoms. The van der Waals surface area contributed by atoms with Crippen molar-refractivity contribution >= 4 is 5.91 Å². The predicted octanol–water partition coefficient (Wildman–Crippen LogP) is 4.22. The maximum atomic E-state index is 12.4. The van der Waals surface area contributed by atoms with Crippen molar-refractivity contribution < 1.29 is 13.9 Å². The summed E-state index contributed by atoms with van der Waals surface area (Å²) in [6.07, 6.45) is 10.2. The molecule has 6 nitrogen and oxygen atoms in total. The van der Waals surface area contributed by atoms with Gasteiger partial charge in [-0.25, -0.2) is 0 Å². The second kappa shape index (κ2) is 11.0. The Morgan fingerprint density at radius 3 is 2.62 bits per heavy atom. The lowest BCUT2D eigenvalue weighted by atomic mass is 10.0. The summed E-state index contributed by atoms with van der Waals surface area (Å²) in [5.41, 5.74) is 1.11. The molecule has 1 aromatic heterocycles. The van der Waals surface area contributed by atoms with E-state index in [1.165, 1.54) is 32.1 Å². The van der Waals surface area contributed by atoms with Gasteiger partial charge in [-0.15, -0.1) is 10.2 Å². The fourth-order valence-electron chi connectivity index (χ4n) is 4.09. The summed E-state index contributed by atoms with van der Waals surface area (Å²) in [4.78, 5) is 14.2. The Morgan fingerprint density at radius 2 is 1.86 bits per heavy atom. The topological polar surface area (TPSA) is 68.5 Å². The van der Waals surface area contributed by atoms with Crippen LogP contribution in [-0.2, 0) is 24.1 Å². The summed E-state index contributed by atoms with van der Waals surface area (Å²) in [7, 11) is 3.57. The lowest BCUT2D eigenvalue weighted by Gasteiger charge is -2.18. The van der Waals surface area contributed by atoms with Gasteiger partial charge in [0.25, 0.3) is 0 Å². The van der Waals surface area contributed by atoms with Gasteiger partial charge in [-0.1, -0.05) is 43.9 Å². The van der Waals surface area contributed by atoms with E-state index in [1.807, 2.05) is 36.2 Å². The van der Waals surface area contributed by atoms with Crippen LogP contribution in [0.1, 0.15) is 62.3 Å². The molecule has 1 aliphatic carbocycles. The molecular weight excluding hydrogens is 366 g/mol. The summed E-state index contributed by atoms with van der Waals surface area (Å²) in [6, 6.07) is 7.94. The SMILES string of the molecule is COc1ccccc1CCc1nnc(CCC(=O)N(C)CCCC2CCCC2)o1. The van der Waals surface area contributed by atoms with Crippen LogP contribution >= 0.6 is 0 Å². The van der Waals surface area contributed by atoms with Crippen LogP contribution in [0.3, 0.4) is 0 Å². The molecule has 2 aromatic rings. The molecule has 158 valence electrons. The van der Waals surface area contributed by atoms with Crippen molar-refractivity contribution in [1.29, 1.82) is 0 Å². The van der Waals surface area contributed by atoms with E-state index >= 15 is 0 Å². The zero-order chi connectivity index (χ0) is 20.5. The van der Waals surface area contributed by atoms with E-state index in [4.69, 9.17) is 9.15 Å². The molecule has 1 saturated carbocycles. The number of aryl methyl sites for hydroxylation is 3. The van der Waals surface area contributed by atoms with Crippen LogP contribution in [0.15, 0.2) is 28.7 Å². The molecule has 6 heteroatoms. The second-order valence-corrected chi connectivity index (χ2v) is 8.01. The van der Waals surface area contributed by atoms with Crippen molar-refractivity contribution in [3.63, 3.8) is 0 Å². The number of para-hydroxylation sites is 1. The van der Waals surface area contributed by atoms with Gasteiger partial charge in [0.05, 0.1) is 7.11 Å². The van der Waals surface area contributed by atoms with Crippen LogP contribution in [-0.4, -0.2) is 41.7 Å². The molecule has 0 atom stereocenters. The van der Waals surface area contributed by atoms with Crippen LogP contribution < -0.4 is 4.74 Å². The number of carbonyl (C=O) groups excluding carboxylic acids is 1. The van der Waals surface area contributed by atoms with E-state index in [-0.39, 0.29) is 5.91 Å². The van der Waals surface area contributed by atoms with Gasteiger partial charge < -0.3 is 14.1 Å². The third-order valence-electron chi connectivity index (χ3n) is 5.87. The number of ether oxygens (including phenoxy) is 1. The Bertz CT molecular complexity index is 768. The lowest BCUT2D eigenvalue weighted by Crippen LogP contribution is -2.28. The Labute approximate surface area is 173 Å². The van der Waals surface area contributed by atoms with Crippen molar-refractivity contribution in [3.8, 4) is 5.75 Å². The van der Waals surface area contributed by atoms with Gasteiger partial charge in [-0.3, -0.25) is 4.79 Å². The fraction of sp³-hybridized carbons (Fsp3) is 0.609. The molecule has 3 rings (SSSR count). The van der Waals surface area contributed by atoms with Gasteiger partial charge in [-0.05, 0) is 36.8 Å². The first-order valence-corrected chi connectivity index (χ1v) is 10.8. The first kappa shape index (κ1) is 21.3. The van der Waals surface area contributed by atoms with E-state index in [9.17, 15) is 4.79 Å². The molecule has 0 bridgehead atoms. The second-order valence-electron chi connectivity index (χ2n) is 8.01. The van der Waals surface area contributed by atoms with E-state index in [0.717, 1.165) is 36.6 Å².